The maximum absolute atomic E-state index is 14.0. The summed E-state index contributed by atoms with van der Waals surface area (Å²) in [4.78, 5) is 19.1. The average Bonchev–Trinajstić information content (AvgIpc) is 2.85. The van der Waals surface area contributed by atoms with E-state index < -0.39 is 23.1 Å². The van der Waals surface area contributed by atoms with Crippen molar-refractivity contribution in [3.05, 3.63) is 88.0 Å². The van der Waals surface area contributed by atoms with Crippen molar-refractivity contribution in [2.45, 2.75) is 19.3 Å². The third kappa shape index (κ3) is 4.52. The van der Waals surface area contributed by atoms with Gasteiger partial charge in [-0.25, -0.2) is 0 Å². The van der Waals surface area contributed by atoms with E-state index in [4.69, 9.17) is 18.6 Å². The monoisotopic (exact) mass is 484 g/mol. The summed E-state index contributed by atoms with van der Waals surface area (Å²) in [6.45, 7) is 0.942. The molecule has 3 heterocycles. The Hall–Kier alpha value is -4.05. The molecule has 7 nitrogen and oxygen atoms in total. The molecule has 2 aromatic heterocycles. The van der Waals surface area contributed by atoms with Gasteiger partial charge in [0, 0.05) is 25.5 Å². The molecule has 0 aliphatic carbocycles. The summed E-state index contributed by atoms with van der Waals surface area (Å²) in [6, 6.07) is 12.4. The highest BCUT2D eigenvalue weighted by Crippen LogP contribution is 2.41. The molecule has 10 heteroatoms. The standard InChI is InChI=1S/C25H19F3N2O5/c1-32-16-2-4-17(5-3-16)34-23-21(31)18-6-7-20-19(22(18)35-24(23)25(26,27)28)13-30(14-33-20)12-15-8-10-29-11-9-15/h2-11H,12-14H2,1H3. The SMILES string of the molecule is COc1ccc(Oc2c(C(F)(F)F)oc3c4c(ccc3c2=O)OCN(Cc2ccncc2)C4)cc1. The number of pyridine rings is 1. The Kier molecular flexibility index (Phi) is 5.81. The van der Waals surface area contributed by atoms with E-state index in [1.165, 1.54) is 37.4 Å². The van der Waals surface area contributed by atoms with Crippen LogP contribution >= 0.6 is 0 Å². The van der Waals surface area contributed by atoms with Crippen LogP contribution in [0.15, 0.2) is 70.1 Å². The summed E-state index contributed by atoms with van der Waals surface area (Å²) in [5.41, 5.74) is 0.214. The normalized spacial score (nSPS) is 13.8. The van der Waals surface area contributed by atoms with E-state index >= 15 is 0 Å². The molecule has 0 saturated heterocycles. The van der Waals surface area contributed by atoms with Gasteiger partial charge in [-0.15, -0.1) is 0 Å². The predicted octanol–water partition coefficient (Wildman–Crippen LogP) is 5.36. The molecule has 0 radical (unpaired) electrons. The lowest BCUT2D eigenvalue weighted by molar-refractivity contribution is -0.154. The number of hydrogen-bond donors (Lipinski definition) is 0. The van der Waals surface area contributed by atoms with Crippen molar-refractivity contribution in [2.24, 2.45) is 0 Å². The van der Waals surface area contributed by atoms with Crippen LogP contribution in [0.1, 0.15) is 16.9 Å². The Morgan fingerprint density at radius 3 is 2.43 bits per heavy atom. The number of halogens is 3. The first kappa shape index (κ1) is 22.7. The molecule has 0 atom stereocenters. The largest absolute Gasteiger partial charge is 0.497 e. The van der Waals surface area contributed by atoms with E-state index in [-0.39, 0.29) is 30.0 Å². The van der Waals surface area contributed by atoms with Crippen molar-refractivity contribution >= 4 is 11.0 Å². The van der Waals surface area contributed by atoms with Gasteiger partial charge in [0.05, 0.1) is 18.1 Å². The third-order valence-corrected chi connectivity index (χ3v) is 5.56. The molecule has 0 fully saturated rings. The lowest BCUT2D eigenvalue weighted by Gasteiger charge is -2.29. The minimum absolute atomic E-state index is 0.0328. The van der Waals surface area contributed by atoms with Gasteiger partial charge < -0.3 is 18.6 Å². The quantitative estimate of drug-likeness (QED) is 0.378. The Morgan fingerprint density at radius 2 is 1.74 bits per heavy atom. The molecule has 35 heavy (non-hydrogen) atoms. The maximum Gasteiger partial charge on any atom is 0.453 e. The molecule has 0 bridgehead atoms. The van der Waals surface area contributed by atoms with Crippen LogP contribution in [0.5, 0.6) is 23.0 Å². The first-order valence-corrected chi connectivity index (χ1v) is 10.6. The number of fused-ring (bicyclic) bond motifs is 3. The molecule has 2 aromatic carbocycles. The summed E-state index contributed by atoms with van der Waals surface area (Å²) in [5, 5.41) is -0.0328. The van der Waals surface area contributed by atoms with Crippen LogP contribution in [0, 0.1) is 0 Å². The second-order valence-corrected chi connectivity index (χ2v) is 7.90. The summed E-state index contributed by atoms with van der Waals surface area (Å²) < 4.78 is 63.5. The summed E-state index contributed by atoms with van der Waals surface area (Å²) in [6.07, 6.45) is -1.66. The fourth-order valence-electron chi connectivity index (χ4n) is 3.88. The van der Waals surface area contributed by atoms with Crippen molar-refractivity contribution in [1.29, 1.82) is 0 Å². The van der Waals surface area contributed by atoms with E-state index in [0.717, 1.165) is 5.56 Å². The number of rotatable bonds is 5. The highest BCUT2D eigenvalue weighted by Gasteiger charge is 2.41. The predicted molar refractivity (Wildman–Crippen MR) is 120 cm³/mol. The topological polar surface area (TPSA) is 74.0 Å². The van der Waals surface area contributed by atoms with Gasteiger partial charge in [-0.2, -0.15) is 13.2 Å². The van der Waals surface area contributed by atoms with E-state index in [1.54, 1.807) is 18.5 Å². The highest BCUT2D eigenvalue weighted by molar-refractivity contribution is 5.84. The number of benzene rings is 2. The molecule has 4 aromatic rings. The molecule has 0 saturated carbocycles. The summed E-state index contributed by atoms with van der Waals surface area (Å²) in [7, 11) is 1.46. The Labute approximate surface area is 197 Å². The first-order chi connectivity index (χ1) is 16.8. The molecule has 0 spiro atoms. The zero-order valence-electron chi connectivity index (χ0n) is 18.5. The first-order valence-electron chi connectivity index (χ1n) is 10.6. The molecule has 1 aliphatic rings. The Balaban J connectivity index is 1.58. The number of methoxy groups -OCH3 is 1. The second kappa shape index (κ2) is 8.95. The molecular formula is C25H19F3N2O5. The van der Waals surface area contributed by atoms with Gasteiger partial charge in [-0.1, -0.05) is 0 Å². The smallest absolute Gasteiger partial charge is 0.453 e. The van der Waals surface area contributed by atoms with Gasteiger partial charge >= 0.3 is 6.18 Å². The van der Waals surface area contributed by atoms with Gasteiger partial charge in [0.15, 0.2) is 0 Å². The van der Waals surface area contributed by atoms with E-state index in [1.807, 2.05) is 17.0 Å². The van der Waals surface area contributed by atoms with Gasteiger partial charge in [0.25, 0.3) is 5.76 Å². The van der Waals surface area contributed by atoms with Gasteiger partial charge in [-0.3, -0.25) is 14.7 Å². The van der Waals surface area contributed by atoms with E-state index in [0.29, 0.717) is 23.6 Å². The van der Waals surface area contributed by atoms with Crippen molar-refractivity contribution in [2.75, 3.05) is 13.8 Å². The van der Waals surface area contributed by atoms with Crippen molar-refractivity contribution in [3.63, 3.8) is 0 Å². The van der Waals surface area contributed by atoms with E-state index in [9.17, 15) is 18.0 Å². The number of hydrogen-bond acceptors (Lipinski definition) is 7. The van der Waals surface area contributed by atoms with Gasteiger partial charge in [-0.05, 0) is 54.1 Å². The van der Waals surface area contributed by atoms with E-state index in [2.05, 4.69) is 4.98 Å². The molecule has 5 rings (SSSR count). The average molecular weight is 484 g/mol. The number of ether oxygens (including phenoxy) is 3. The van der Waals surface area contributed by atoms with Crippen LogP contribution in [0.4, 0.5) is 13.2 Å². The molecular weight excluding hydrogens is 465 g/mol. The molecule has 180 valence electrons. The minimum atomic E-state index is -4.97. The van der Waals surface area contributed by atoms with Crippen LogP contribution in [-0.4, -0.2) is 23.7 Å². The fourth-order valence-corrected chi connectivity index (χ4v) is 3.88. The van der Waals surface area contributed by atoms with Crippen molar-refractivity contribution in [3.8, 4) is 23.0 Å². The zero-order valence-corrected chi connectivity index (χ0v) is 18.5. The summed E-state index contributed by atoms with van der Waals surface area (Å²) in [5.74, 6) is -1.55. The lowest BCUT2D eigenvalue weighted by Crippen LogP contribution is -2.32. The maximum atomic E-state index is 14.0. The Bertz CT molecular complexity index is 1420. The Morgan fingerprint density at radius 1 is 1.03 bits per heavy atom. The number of alkyl halides is 3. The van der Waals surface area contributed by atoms with Crippen LogP contribution in [-0.2, 0) is 19.3 Å². The van der Waals surface area contributed by atoms with Crippen LogP contribution in [0.3, 0.4) is 0 Å². The molecule has 1 aliphatic heterocycles. The van der Waals surface area contributed by atoms with Gasteiger partial charge in [0.1, 0.15) is 29.6 Å². The molecule has 0 amide bonds. The lowest BCUT2D eigenvalue weighted by atomic mass is 10.1. The van der Waals surface area contributed by atoms with Crippen LogP contribution < -0.4 is 19.6 Å². The van der Waals surface area contributed by atoms with Gasteiger partial charge in [0.2, 0.25) is 11.2 Å². The molecule has 0 N–H and O–H groups in total. The van der Waals surface area contributed by atoms with Crippen molar-refractivity contribution < 1.29 is 31.8 Å². The third-order valence-electron chi connectivity index (χ3n) is 5.56. The highest BCUT2D eigenvalue weighted by atomic mass is 19.4. The second-order valence-electron chi connectivity index (χ2n) is 7.90. The zero-order chi connectivity index (χ0) is 24.6. The minimum Gasteiger partial charge on any atom is -0.497 e. The van der Waals surface area contributed by atoms with Crippen LogP contribution in [0.25, 0.3) is 11.0 Å². The molecule has 0 unspecified atom stereocenters. The van der Waals surface area contributed by atoms with Crippen molar-refractivity contribution in [1.82, 2.24) is 9.88 Å². The number of nitrogens with zero attached hydrogens (tertiary/aromatic N) is 2. The number of aromatic nitrogens is 1. The van der Waals surface area contributed by atoms with Crippen LogP contribution in [0.2, 0.25) is 0 Å². The summed E-state index contributed by atoms with van der Waals surface area (Å²) >= 11 is 0. The fraction of sp³-hybridized carbons (Fsp3) is 0.200.